The maximum Gasteiger partial charge on any atom is 0.472 e. The molecule has 19 heteroatoms. The molecule has 0 spiro atoms. The van der Waals surface area contributed by atoms with Crippen LogP contribution in [0.5, 0.6) is 0 Å². The van der Waals surface area contributed by atoms with Crippen molar-refractivity contribution in [1.82, 2.24) is 0 Å². The van der Waals surface area contributed by atoms with E-state index >= 15 is 0 Å². The summed E-state index contributed by atoms with van der Waals surface area (Å²) in [5.41, 5.74) is 0. The molecule has 0 aromatic rings. The highest BCUT2D eigenvalue weighted by molar-refractivity contribution is 7.47. The molecule has 3 N–H and O–H groups in total. The van der Waals surface area contributed by atoms with E-state index < -0.39 is 97.5 Å². The number of rotatable bonds is 57. The van der Waals surface area contributed by atoms with Crippen molar-refractivity contribution in [3.8, 4) is 0 Å². The molecule has 0 rings (SSSR count). The van der Waals surface area contributed by atoms with Gasteiger partial charge in [0.05, 0.1) is 26.4 Å². The van der Waals surface area contributed by atoms with E-state index in [0.717, 1.165) is 109 Å². The fraction of sp³-hybridized carbons (Fsp3) is 0.932. The summed E-state index contributed by atoms with van der Waals surface area (Å²) in [5, 5.41) is 10.5. The predicted molar refractivity (Wildman–Crippen MR) is 308 cm³/mol. The van der Waals surface area contributed by atoms with Gasteiger partial charge in [-0.1, -0.05) is 228 Å². The van der Waals surface area contributed by atoms with Crippen molar-refractivity contribution >= 4 is 39.5 Å². The molecular formula is C59H114O17P2. The third-order valence-corrected chi connectivity index (χ3v) is 15.6. The van der Waals surface area contributed by atoms with Gasteiger partial charge in [-0.2, -0.15) is 0 Å². The van der Waals surface area contributed by atoms with Gasteiger partial charge in [-0.3, -0.25) is 37.3 Å². The lowest BCUT2D eigenvalue weighted by molar-refractivity contribution is -0.161. The van der Waals surface area contributed by atoms with E-state index in [-0.39, 0.29) is 25.7 Å². The van der Waals surface area contributed by atoms with E-state index in [0.29, 0.717) is 37.5 Å². The molecule has 0 aliphatic heterocycles. The minimum absolute atomic E-state index is 0.101. The fourth-order valence-electron chi connectivity index (χ4n) is 8.56. The second kappa shape index (κ2) is 50.8. The van der Waals surface area contributed by atoms with Crippen LogP contribution in [0.3, 0.4) is 0 Å². The Morgan fingerprint density at radius 3 is 0.974 bits per heavy atom. The van der Waals surface area contributed by atoms with E-state index in [9.17, 15) is 43.2 Å². The lowest BCUT2D eigenvalue weighted by atomic mass is 9.99. The molecule has 0 aliphatic carbocycles. The van der Waals surface area contributed by atoms with Crippen molar-refractivity contribution in [3.63, 3.8) is 0 Å². The maximum atomic E-state index is 12.9. The van der Waals surface area contributed by atoms with Gasteiger partial charge in [-0.15, -0.1) is 0 Å². The zero-order valence-corrected chi connectivity index (χ0v) is 51.9. The van der Waals surface area contributed by atoms with Crippen LogP contribution < -0.4 is 0 Å². The van der Waals surface area contributed by atoms with Crippen molar-refractivity contribution in [3.05, 3.63) is 0 Å². The van der Waals surface area contributed by atoms with Crippen molar-refractivity contribution < 1.29 is 80.2 Å². The second-order valence-electron chi connectivity index (χ2n) is 22.6. The highest BCUT2D eigenvalue weighted by Crippen LogP contribution is 2.45. The number of ether oxygens (including phenoxy) is 4. The number of carbonyl (C=O) groups excluding carboxylic acids is 4. The molecule has 0 saturated heterocycles. The third kappa shape index (κ3) is 52.2. The summed E-state index contributed by atoms with van der Waals surface area (Å²) in [4.78, 5) is 71.7. The van der Waals surface area contributed by atoms with Crippen LogP contribution in [0.1, 0.15) is 280 Å². The van der Waals surface area contributed by atoms with Crippen molar-refractivity contribution in [1.29, 1.82) is 0 Å². The molecule has 0 saturated carbocycles. The van der Waals surface area contributed by atoms with Gasteiger partial charge < -0.3 is 33.8 Å². The van der Waals surface area contributed by atoms with Gasteiger partial charge in [0.1, 0.15) is 19.3 Å². The Kier molecular flexibility index (Phi) is 49.5. The minimum atomic E-state index is -4.94. The monoisotopic (exact) mass is 1160 g/mol. The molecule has 6 atom stereocenters. The smallest absolute Gasteiger partial charge is 0.462 e. The quantitative estimate of drug-likeness (QED) is 0.0222. The fourth-order valence-corrected chi connectivity index (χ4v) is 10.1. The molecule has 0 bridgehead atoms. The largest absolute Gasteiger partial charge is 0.472 e. The van der Waals surface area contributed by atoms with Crippen LogP contribution >= 0.6 is 15.6 Å². The first-order chi connectivity index (χ1) is 37.3. The molecule has 0 heterocycles. The average molecular weight is 1160 g/mol. The van der Waals surface area contributed by atoms with Crippen LogP contribution in [-0.2, 0) is 65.4 Å². The molecule has 17 nitrogen and oxygen atoms in total. The summed E-state index contributed by atoms with van der Waals surface area (Å²) >= 11 is 0. The van der Waals surface area contributed by atoms with Crippen molar-refractivity contribution in [2.45, 2.75) is 298 Å². The molecule has 0 aromatic heterocycles. The topological polar surface area (TPSA) is 237 Å². The number of unbranched alkanes of at least 4 members (excludes halogenated alkanes) is 24. The Morgan fingerprint density at radius 2 is 0.654 bits per heavy atom. The third-order valence-electron chi connectivity index (χ3n) is 13.7. The molecule has 0 radical (unpaired) electrons. The van der Waals surface area contributed by atoms with E-state index in [1.807, 2.05) is 0 Å². The molecule has 462 valence electrons. The summed E-state index contributed by atoms with van der Waals surface area (Å²) in [6.45, 7) is 11.5. The highest BCUT2D eigenvalue weighted by Gasteiger charge is 2.30. The number of esters is 4. The standard InChI is InChI=1S/C59H114O17P2/c1-8-10-11-23-33-40-56(61)69-46-54(76-59(64)43-36-29-22-21-25-31-38-51(5)6)48-73-77(65,66)71-44-53(60)45-72-78(67,68)74-49-55(47-70-57(62)41-34-27-20-16-17-24-30-37-50(3)4)75-58(63)42-35-28-19-15-13-12-14-18-26-32-39-52(7)9-2/h50-55,60H,8-49H2,1-7H3,(H,65,66)(H,67,68)/t52?,53-,54+,55+/m0/s1. The van der Waals surface area contributed by atoms with Crippen LogP contribution in [0.2, 0.25) is 0 Å². The summed E-state index contributed by atoms with van der Waals surface area (Å²) in [7, 11) is -9.87. The summed E-state index contributed by atoms with van der Waals surface area (Å²) in [6.07, 6.45) is 29.9. The Hall–Kier alpha value is -1.94. The molecule has 0 amide bonds. The normalized spacial score (nSPS) is 14.9. The van der Waals surface area contributed by atoms with Crippen molar-refractivity contribution in [2.75, 3.05) is 39.6 Å². The van der Waals surface area contributed by atoms with Gasteiger partial charge in [0.2, 0.25) is 0 Å². The van der Waals surface area contributed by atoms with E-state index in [1.54, 1.807) is 0 Å². The van der Waals surface area contributed by atoms with E-state index in [2.05, 4.69) is 48.5 Å². The van der Waals surface area contributed by atoms with Crippen molar-refractivity contribution in [2.24, 2.45) is 17.8 Å². The SMILES string of the molecule is CCCCCCCC(=O)OC[C@H](COP(=O)(O)OC[C@H](O)COP(=O)(O)OC[C@@H](COC(=O)CCCCCCCCCC(C)C)OC(=O)CCCCCCCCCCCCC(C)CC)OC(=O)CCCCCCCCC(C)C. The first-order valence-corrected chi connectivity index (χ1v) is 33.9. The first-order valence-electron chi connectivity index (χ1n) is 30.9. The lowest BCUT2D eigenvalue weighted by Crippen LogP contribution is -2.30. The molecule has 0 aliphatic rings. The Morgan fingerprint density at radius 1 is 0.372 bits per heavy atom. The number of phosphoric acid groups is 2. The lowest BCUT2D eigenvalue weighted by Gasteiger charge is -2.21. The number of carbonyl (C=O) groups is 4. The summed E-state index contributed by atoms with van der Waals surface area (Å²) in [5.74, 6) is 0.0196. The van der Waals surface area contributed by atoms with Gasteiger partial charge in [0.25, 0.3) is 0 Å². The van der Waals surface area contributed by atoms with Gasteiger partial charge in [-0.25, -0.2) is 9.13 Å². The molecule has 0 aromatic carbocycles. The van der Waals surface area contributed by atoms with Crippen LogP contribution in [-0.4, -0.2) is 96.7 Å². The van der Waals surface area contributed by atoms with E-state index in [4.69, 9.17) is 37.0 Å². The van der Waals surface area contributed by atoms with Crippen LogP contribution in [0.4, 0.5) is 0 Å². The molecule has 3 unspecified atom stereocenters. The summed E-state index contributed by atoms with van der Waals surface area (Å²) in [6, 6.07) is 0. The zero-order valence-electron chi connectivity index (χ0n) is 50.1. The number of aliphatic hydroxyl groups is 1. The van der Waals surface area contributed by atoms with Gasteiger partial charge in [0.15, 0.2) is 12.2 Å². The number of hydrogen-bond acceptors (Lipinski definition) is 15. The van der Waals surface area contributed by atoms with Gasteiger partial charge in [0, 0.05) is 25.7 Å². The van der Waals surface area contributed by atoms with Crippen LogP contribution in [0.15, 0.2) is 0 Å². The first kappa shape index (κ1) is 76.1. The summed E-state index contributed by atoms with van der Waals surface area (Å²) < 4.78 is 67.5. The predicted octanol–water partition coefficient (Wildman–Crippen LogP) is 15.6. The maximum absolute atomic E-state index is 12.9. The molecule has 78 heavy (non-hydrogen) atoms. The zero-order chi connectivity index (χ0) is 58.1. The number of phosphoric ester groups is 2. The molecule has 0 fully saturated rings. The minimum Gasteiger partial charge on any atom is -0.462 e. The number of hydrogen-bond donors (Lipinski definition) is 3. The Bertz CT molecular complexity index is 1560. The second-order valence-corrected chi connectivity index (χ2v) is 25.5. The van der Waals surface area contributed by atoms with Gasteiger partial charge in [-0.05, 0) is 43.4 Å². The van der Waals surface area contributed by atoms with Crippen LogP contribution in [0, 0.1) is 17.8 Å². The number of aliphatic hydroxyl groups excluding tert-OH is 1. The van der Waals surface area contributed by atoms with Gasteiger partial charge >= 0.3 is 39.5 Å². The van der Waals surface area contributed by atoms with E-state index in [1.165, 1.54) is 77.0 Å². The van der Waals surface area contributed by atoms with Crippen LogP contribution in [0.25, 0.3) is 0 Å². The highest BCUT2D eigenvalue weighted by atomic mass is 31.2. The molecular weight excluding hydrogens is 1040 g/mol. The Labute approximate surface area is 473 Å². The average Bonchev–Trinajstić information content (AvgIpc) is 3.39. The Balaban J connectivity index is 5.19.